The summed E-state index contributed by atoms with van der Waals surface area (Å²) >= 11 is 0. The van der Waals surface area contributed by atoms with Crippen molar-refractivity contribution in [2.45, 2.75) is 6.92 Å². The molecule has 3 rings (SSSR count). The molecule has 0 spiro atoms. The van der Waals surface area contributed by atoms with Crippen LogP contribution in [0.15, 0.2) is 72.5 Å². The molecule has 23 heavy (non-hydrogen) atoms. The molecule has 1 aliphatic carbocycles. The Morgan fingerprint density at radius 1 is 0.826 bits per heavy atom. The Balaban J connectivity index is 2.14. The molecule has 0 radical (unpaired) electrons. The Bertz CT molecular complexity index is 799. The average molecular weight is 304 g/mol. The summed E-state index contributed by atoms with van der Waals surface area (Å²) in [7, 11) is 0. The summed E-state index contributed by atoms with van der Waals surface area (Å²) in [6, 6.07) is 18.4. The SMILES string of the molecule is CCOC1=C(c2ccccc2)C(=O)C(c2ccccc2)=CC1=O. The van der Waals surface area contributed by atoms with Crippen molar-refractivity contribution >= 4 is 22.7 Å². The molecule has 2 aromatic rings. The van der Waals surface area contributed by atoms with Crippen LogP contribution >= 0.6 is 0 Å². The van der Waals surface area contributed by atoms with Gasteiger partial charge in [-0.1, -0.05) is 60.7 Å². The van der Waals surface area contributed by atoms with E-state index in [1.807, 2.05) is 60.7 Å². The number of allylic oxidation sites excluding steroid dienone is 3. The lowest BCUT2D eigenvalue weighted by Crippen LogP contribution is -2.19. The molecule has 0 saturated heterocycles. The second-order valence-electron chi connectivity index (χ2n) is 5.12. The van der Waals surface area contributed by atoms with E-state index in [9.17, 15) is 9.59 Å². The second kappa shape index (κ2) is 6.44. The molecule has 114 valence electrons. The van der Waals surface area contributed by atoms with Crippen molar-refractivity contribution in [3.8, 4) is 0 Å². The van der Waals surface area contributed by atoms with Crippen LogP contribution in [0.25, 0.3) is 11.1 Å². The van der Waals surface area contributed by atoms with Crippen LogP contribution in [0.3, 0.4) is 0 Å². The first-order valence-electron chi connectivity index (χ1n) is 7.51. The maximum absolute atomic E-state index is 13.0. The van der Waals surface area contributed by atoms with Crippen molar-refractivity contribution in [3.05, 3.63) is 83.6 Å². The molecular weight excluding hydrogens is 288 g/mol. The summed E-state index contributed by atoms with van der Waals surface area (Å²) in [5.74, 6) is -0.335. The van der Waals surface area contributed by atoms with Gasteiger partial charge in [0.1, 0.15) is 0 Å². The fourth-order valence-electron chi connectivity index (χ4n) is 2.61. The Labute approximate surface area is 134 Å². The van der Waals surface area contributed by atoms with Crippen molar-refractivity contribution in [2.75, 3.05) is 6.61 Å². The Kier molecular flexibility index (Phi) is 4.20. The van der Waals surface area contributed by atoms with E-state index in [2.05, 4.69) is 0 Å². The molecule has 3 heteroatoms. The maximum Gasteiger partial charge on any atom is 0.221 e. The summed E-state index contributed by atoms with van der Waals surface area (Å²) in [6.45, 7) is 2.13. The molecule has 3 nitrogen and oxygen atoms in total. The maximum atomic E-state index is 13.0. The number of Topliss-reactive ketones (excluding diaryl/α,β-unsaturated/α-hetero) is 1. The van der Waals surface area contributed by atoms with Crippen molar-refractivity contribution in [1.29, 1.82) is 0 Å². The second-order valence-corrected chi connectivity index (χ2v) is 5.12. The minimum absolute atomic E-state index is 0.128. The fraction of sp³-hybridized carbons (Fsp3) is 0.100. The van der Waals surface area contributed by atoms with Gasteiger partial charge in [-0.25, -0.2) is 0 Å². The van der Waals surface area contributed by atoms with Gasteiger partial charge in [0.2, 0.25) is 5.78 Å². The molecule has 0 atom stereocenters. The zero-order chi connectivity index (χ0) is 16.2. The first-order chi connectivity index (χ1) is 11.2. The highest BCUT2D eigenvalue weighted by Gasteiger charge is 2.31. The summed E-state index contributed by atoms with van der Waals surface area (Å²) in [5, 5.41) is 0. The monoisotopic (exact) mass is 304 g/mol. The van der Waals surface area contributed by atoms with Gasteiger partial charge in [-0.2, -0.15) is 0 Å². The molecular formula is C20H16O3. The van der Waals surface area contributed by atoms with Gasteiger partial charge in [0.25, 0.3) is 0 Å². The lowest BCUT2D eigenvalue weighted by atomic mass is 9.86. The van der Waals surface area contributed by atoms with E-state index in [4.69, 9.17) is 4.74 Å². The predicted molar refractivity (Wildman–Crippen MR) is 89.4 cm³/mol. The number of hydrogen-bond acceptors (Lipinski definition) is 3. The molecule has 0 bridgehead atoms. The van der Waals surface area contributed by atoms with Crippen molar-refractivity contribution < 1.29 is 14.3 Å². The van der Waals surface area contributed by atoms with E-state index >= 15 is 0 Å². The normalized spacial score (nSPS) is 14.7. The quantitative estimate of drug-likeness (QED) is 0.809. The third kappa shape index (κ3) is 2.86. The Morgan fingerprint density at radius 2 is 1.39 bits per heavy atom. The Hall–Kier alpha value is -2.94. The molecule has 0 saturated carbocycles. The highest BCUT2D eigenvalue weighted by molar-refractivity contribution is 6.49. The molecule has 0 N–H and O–H groups in total. The minimum atomic E-state index is -0.274. The zero-order valence-electron chi connectivity index (χ0n) is 12.8. The van der Waals surface area contributed by atoms with Crippen LogP contribution in [0.1, 0.15) is 18.1 Å². The van der Waals surface area contributed by atoms with Crippen LogP contribution in [0.2, 0.25) is 0 Å². The third-order valence-electron chi connectivity index (χ3n) is 3.63. The third-order valence-corrected chi connectivity index (χ3v) is 3.63. The predicted octanol–water partition coefficient (Wildman–Crippen LogP) is 3.67. The van der Waals surface area contributed by atoms with Crippen molar-refractivity contribution in [1.82, 2.24) is 0 Å². The van der Waals surface area contributed by atoms with Gasteiger partial charge in [-0.15, -0.1) is 0 Å². The highest BCUT2D eigenvalue weighted by Crippen LogP contribution is 2.32. The topological polar surface area (TPSA) is 43.4 Å². The first kappa shape index (κ1) is 15.0. The lowest BCUT2D eigenvalue weighted by Gasteiger charge is -2.19. The number of hydrogen-bond donors (Lipinski definition) is 0. The molecule has 0 aliphatic heterocycles. The highest BCUT2D eigenvalue weighted by atomic mass is 16.5. The van der Waals surface area contributed by atoms with Crippen LogP contribution in [0.5, 0.6) is 0 Å². The van der Waals surface area contributed by atoms with Crippen molar-refractivity contribution in [3.63, 3.8) is 0 Å². The van der Waals surface area contributed by atoms with Gasteiger partial charge in [0.05, 0.1) is 12.2 Å². The zero-order valence-corrected chi connectivity index (χ0v) is 12.8. The smallest absolute Gasteiger partial charge is 0.221 e. The van der Waals surface area contributed by atoms with E-state index in [0.29, 0.717) is 23.3 Å². The fourth-order valence-corrected chi connectivity index (χ4v) is 2.61. The van der Waals surface area contributed by atoms with Crippen LogP contribution in [0.4, 0.5) is 0 Å². The van der Waals surface area contributed by atoms with Crippen LogP contribution in [-0.4, -0.2) is 18.2 Å². The van der Waals surface area contributed by atoms with E-state index in [-0.39, 0.29) is 17.3 Å². The van der Waals surface area contributed by atoms with Crippen LogP contribution in [-0.2, 0) is 14.3 Å². The number of carbonyl (C=O) groups is 2. The molecule has 0 heterocycles. The van der Waals surface area contributed by atoms with Crippen molar-refractivity contribution in [2.24, 2.45) is 0 Å². The number of benzene rings is 2. The summed E-state index contributed by atoms with van der Waals surface area (Å²) in [5.41, 5.74) is 2.15. The van der Waals surface area contributed by atoms with Gasteiger partial charge in [0, 0.05) is 11.6 Å². The molecule has 2 aromatic carbocycles. The van der Waals surface area contributed by atoms with Crippen LogP contribution in [0, 0.1) is 0 Å². The van der Waals surface area contributed by atoms with Gasteiger partial charge in [-0.3, -0.25) is 9.59 Å². The van der Waals surface area contributed by atoms with Gasteiger partial charge >= 0.3 is 0 Å². The number of rotatable bonds is 4. The number of ketones is 2. The molecule has 0 fully saturated rings. The van der Waals surface area contributed by atoms with E-state index < -0.39 is 0 Å². The standard InChI is InChI=1S/C20H16O3/c1-2-23-20-17(21)13-16(14-9-5-3-6-10-14)19(22)18(20)15-11-7-4-8-12-15/h3-13H,2H2,1H3. The lowest BCUT2D eigenvalue weighted by molar-refractivity contribution is -0.116. The number of ether oxygens (including phenoxy) is 1. The Morgan fingerprint density at radius 3 is 1.96 bits per heavy atom. The molecule has 0 amide bonds. The number of carbonyl (C=O) groups excluding carboxylic acids is 2. The molecule has 1 aliphatic rings. The summed E-state index contributed by atoms with van der Waals surface area (Å²) in [4.78, 5) is 25.5. The van der Waals surface area contributed by atoms with Gasteiger partial charge < -0.3 is 4.74 Å². The molecule has 0 unspecified atom stereocenters. The first-order valence-corrected chi connectivity index (χ1v) is 7.51. The van der Waals surface area contributed by atoms with E-state index in [0.717, 1.165) is 5.56 Å². The summed E-state index contributed by atoms with van der Waals surface area (Å²) in [6.07, 6.45) is 1.37. The van der Waals surface area contributed by atoms with E-state index in [1.165, 1.54) is 6.08 Å². The van der Waals surface area contributed by atoms with Gasteiger partial charge in [0.15, 0.2) is 11.5 Å². The molecule has 0 aromatic heterocycles. The average Bonchev–Trinajstić information content (AvgIpc) is 2.60. The minimum Gasteiger partial charge on any atom is -0.489 e. The van der Waals surface area contributed by atoms with Gasteiger partial charge in [-0.05, 0) is 18.1 Å². The largest absolute Gasteiger partial charge is 0.489 e. The van der Waals surface area contributed by atoms with E-state index in [1.54, 1.807) is 6.92 Å². The summed E-state index contributed by atoms with van der Waals surface area (Å²) < 4.78 is 5.48. The van der Waals surface area contributed by atoms with Crippen LogP contribution < -0.4 is 0 Å².